The van der Waals surface area contributed by atoms with Crippen molar-refractivity contribution in [3.05, 3.63) is 64.3 Å². The lowest BCUT2D eigenvalue weighted by Crippen LogP contribution is -2.14. The summed E-state index contributed by atoms with van der Waals surface area (Å²) in [6.07, 6.45) is 6.07. The summed E-state index contributed by atoms with van der Waals surface area (Å²) in [5.74, 6) is -0.293. The molecule has 0 unspecified atom stereocenters. The predicted molar refractivity (Wildman–Crippen MR) is 107 cm³/mol. The van der Waals surface area contributed by atoms with Gasteiger partial charge in [-0.15, -0.1) is 11.8 Å². The minimum absolute atomic E-state index is 0.0431. The monoisotopic (exact) mass is 411 g/mol. The lowest BCUT2D eigenvalue weighted by Gasteiger charge is -2.10. The Morgan fingerprint density at radius 2 is 2.14 bits per heavy atom. The van der Waals surface area contributed by atoms with Crippen LogP contribution in [0.15, 0.2) is 39.9 Å². The lowest BCUT2D eigenvalue weighted by atomic mass is 9.93. The minimum atomic E-state index is -0.638. The molecule has 1 saturated carbocycles. The molecule has 1 fully saturated rings. The normalized spacial score (nSPS) is 13.4. The van der Waals surface area contributed by atoms with E-state index in [0.717, 1.165) is 29.0 Å². The number of nitrogens with zero attached hydrogens (tertiary/aromatic N) is 2. The molecule has 1 N–H and O–H groups in total. The molecule has 1 aliphatic carbocycles. The molecule has 0 amide bonds. The van der Waals surface area contributed by atoms with Crippen LogP contribution in [0.2, 0.25) is 0 Å². The Labute approximate surface area is 172 Å². The van der Waals surface area contributed by atoms with Gasteiger partial charge in [-0.05, 0) is 55.9 Å². The fraction of sp³-hybridized carbons (Fsp3) is 0.333. The standard InChI is InChI=1S/C21H21N3O4S/c1-3-27-21(26)18-17(20(28-24-18)12-4-5-12)19(25)16-7-6-15(29-2)11-13(16)10-14-8-9-22-23-14/h6-9,11-12H,3-5,10H2,1-2H3,(H,22,23). The molecule has 3 aromatic rings. The number of benzene rings is 1. The summed E-state index contributed by atoms with van der Waals surface area (Å²) in [4.78, 5) is 27.0. The number of rotatable bonds is 8. The number of aromatic amines is 1. The van der Waals surface area contributed by atoms with E-state index < -0.39 is 5.97 Å². The molecule has 2 aromatic heterocycles. The Bertz CT molecular complexity index is 1040. The van der Waals surface area contributed by atoms with Gasteiger partial charge in [0.1, 0.15) is 5.56 Å². The van der Waals surface area contributed by atoms with Gasteiger partial charge >= 0.3 is 5.97 Å². The molecule has 7 nitrogen and oxygen atoms in total. The minimum Gasteiger partial charge on any atom is -0.461 e. The number of nitrogens with one attached hydrogen (secondary N) is 1. The van der Waals surface area contributed by atoms with Crippen molar-refractivity contribution in [1.82, 2.24) is 15.4 Å². The average molecular weight is 411 g/mol. The van der Waals surface area contributed by atoms with E-state index in [1.165, 1.54) is 0 Å². The maximum absolute atomic E-state index is 13.6. The number of H-pyrrole nitrogens is 1. The molecule has 1 aliphatic rings. The molecule has 4 rings (SSSR count). The number of esters is 1. The Morgan fingerprint density at radius 1 is 1.31 bits per heavy atom. The highest BCUT2D eigenvalue weighted by molar-refractivity contribution is 7.98. The van der Waals surface area contributed by atoms with Gasteiger partial charge in [-0.25, -0.2) is 4.79 Å². The zero-order chi connectivity index (χ0) is 20.4. The Balaban J connectivity index is 1.78. The van der Waals surface area contributed by atoms with Crippen molar-refractivity contribution in [2.45, 2.75) is 37.0 Å². The molecular formula is C21H21N3O4S. The van der Waals surface area contributed by atoms with Gasteiger partial charge in [-0.2, -0.15) is 5.10 Å². The van der Waals surface area contributed by atoms with E-state index in [4.69, 9.17) is 9.26 Å². The van der Waals surface area contributed by atoms with Crippen LogP contribution >= 0.6 is 11.8 Å². The van der Waals surface area contributed by atoms with E-state index in [2.05, 4.69) is 15.4 Å². The summed E-state index contributed by atoms with van der Waals surface area (Å²) in [7, 11) is 0. The first kappa shape index (κ1) is 19.4. The highest BCUT2D eigenvalue weighted by Gasteiger charge is 2.38. The van der Waals surface area contributed by atoms with Gasteiger partial charge in [-0.1, -0.05) is 5.16 Å². The second-order valence-electron chi connectivity index (χ2n) is 6.86. The predicted octanol–water partition coefficient (Wildman–Crippen LogP) is 4.00. The van der Waals surface area contributed by atoms with Crippen molar-refractivity contribution in [1.29, 1.82) is 0 Å². The molecule has 8 heteroatoms. The Hall–Kier alpha value is -2.87. The van der Waals surface area contributed by atoms with Gasteiger partial charge in [0.05, 0.1) is 12.3 Å². The SMILES string of the molecule is CCOC(=O)c1noc(C2CC2)c1C(=O)c1ccc(SC)cc1Cc1cc[nH]n1. The van der Waals surface area contributed by atoms with Crippen LogP contribution in [-0.4, -0.2) is 40.0 Å². The van der Waals surface area contributed by atoms with Crippen LogP contribution in [0.25, 0.3) is 0 Å². The van der Waals surface area contributed by atoms with Crippen LogP contribution in [0.5, 0.6) is 0 Å². The second kappa shape index (κ2) is 8.24. The van der Waals surface area contributed by atoms with Crippen LogP contribution in [0.3, 0.4) is 0 Å². The first-order valence-electron chi connectivity index (χ1n) is 9.49. The zero-order valence-electron chi connectivity index (χ0n) is 16.2. The fourth-order valence-corrected chi connectivity index (χ4v) is 3.73. The van der Waals surface area contributed by atoms with Crippen LogP contribution in [0.4, 0.5) is 0 Å². The van der Waals surface area contributed by atoms with Crippen LogP contribution in [0, 0.1) is 0 Å². The molecule has 0 radical (unpaired) electrons. The van der Waals surface area contributed by atoms with Gasteiger partial charge in [0.2, 0.25) is 5.69 Å². The second-order valence-corrected chi connectivity index (χ2v) is 7.74. The van der Waals surface area contributed by atoms with Gasteiger partial charge in [0, 0.05) is 29.0 Å². The van der Waals surface area contributed by atoms with Gasteiger partial charge in [-0.3, -0.25) is 9.89 Å². The van der Waals surface area contributed by atoms with Crippen molar-refractivity contribution in [2.24, 2.45) is 0 Å². The number of hydrogen-bond acceptors (Lipinski definition) is 7. The van der Waals surface area contributed by atoms with E-state index in [-0.39, 0.29) is 29.6 Å². The highest BCUT2D eigenvalue weighted by Crippen LogP contribution is 2.43. The van der Waals surface area contributed by atoms with Crippen molar-refractivity contribution in [2.75, 3.05) is 12.9 Å². The van der Waals surface area contributed by atoms with Crippen molar-refractivity contribution >= 4 is 23.5 Å². The molecule has 29 heavy (non-hydrogen) atoms. The van der Waals surface area contributed by atoms with Crippen molar-refractivity contribution in [3.63, 3.8) is 0 Å². The number of carbonyl (C=O) groups excluding carboxylic acids is 2. The third kappa shape index (κ3) is 3.98. The summed E-state index contributed by atoms with van der Waals surface area (Å²) in [5.41, 5.74) is 2.37. The third-order valence-corrected chi connectivity index (χ3v) is 5.57. The molecule has 0 bridgehead atoms. The molecular weight excluding hydrogens is 390 g/mol. The topological polar surface area (TPSA) is 98.1 Å². The fourth-order valence-electron chi connectivity index (χ4n) is 3.27. The van der Waals surface area contributed by atoms with E-state index in [1.807, 2.05) is 24.5 Å². The van der Waals surface area contributed by atoms with E-state index in [9.17, 15) is 9.59 Å². The average Bonchev–Trinajstić information content (AvgIpc) is 3.25. The van der Waals surface area contributed by atoms with E-state index in [1.54, 1.807) is 30.9 Å². The van der Waals surface area contributed by atoms with Crippen LogP contribution in [-0.2, 0) is 11.2 Å². The first-order valence-corrected chi connectivity index (χ1v) is 10.7. The smallest absolute Gasteiger partial charge is 0.361 e. The highest BCUT2D eigenvalue weighted by atomic mass is 32.2. The van der Waals surface area contributed by atoms with Gasteiger partial charge < -0.3 is 9.26 Å². The maximum atomic E-state index is 13.6. The van der Waals surface area contributed by atoms with Gasteiger partial charge in [0.15, 0.2) is 11.5 Å². The molecule has 150 valence electrons. The molecule has 0 spiro atoms. The van der Waals surface area contributed by atoms with Crippen molar-refractivity contribution in [3.8, 4) is 0 Å². The molecule has 2 heterocycles. The summed E-state index contributed by atoms with van der Waals surface area (Å²) in [6, 6.07) is 7.56. The van der Waals surface area contributed by atoms with Gasteiger partial charge in [0.25, 0.3) is 0 Å². The molecule has 0 saturated heterocycles. The van der Waals surface area contributed by atoms with E-state index in [0.29, 0.717) is 17.7 Å². The Morgan fingerprint density at radius 3 is 2.79 bits per heavy atom. The number of ketones is 1. The number of thioether (sulfide) groups is 1. The summed E-state index contributed by atoms with van der Waals surface area (Å²) < 4.78 is 10.5. The van der Waals surface area contributed by atoms with Crippen LogP contribution < -0.4 is 0 Å². The lowest BCUT2D eigenvalue weighted by molar-refractivity contribution is 0.0512. The number of aromatic nitrogens is 3. The zero-order valence-corrected chi connectivity index (χ0v) is 17.0. The maximum Gasteiger partial charge on any atom is 0.361 e. The van der Waals surface area contributed by atoms with Crippen LogP contribution in [0.1, 0.15) is 69.1 Å². The van der Waals surface area contributed by atoms with E-state index >= 15 is 0 Å². The first-order chi connectivity index (χ1) is 14.1. The summed E-state index contributed by atoms with van der Waals surface area (Å²) >= 11 is 1.60. The largest absolute Gasteiger partial charge is 0.461 e. The van der Waals surface area contributed by atoms with Crippen molar-refractivity contribution < 1.29 is 18.8 Å². The Kier molecular flexibility index (Phi) is 5.53. The number of hydrogen-bond donors (Lipinski definition) is 1. The summed E-state index contributed by atoms with van der Waals surface area (Å²) in [6.45, 7) is 1.91. The number of ether oxygens (including phenoxy) is 1. The third-order valence-electron chi connectivity index (χ3n) is 4.85. The number of carbonyl (C=O) groups is 2. The quantitative estimate of drug-likeness (QED) is 0.340. The molecule has 0 aliphatic heterocycles. The molecule has 0 atom stereocenters. The summed E-state index contributed by atoms with van der Waals surface area (Å²) in [5, 5.41) is 10.9. The molecule has 1 aromatic carbocycles.